The van der Waals surface area contributed by atoms with Crippen LogP contribution >= 0.6 is 0 Å². The summed E-state index contributed by atoms with van der Waals surface area (Å²) in [5.41, 5.74) is 4.03. The van der Waals surface area contributed by atoms with Gasteiger partial charge >= 0.3 is 5.69 Å². The lowest BCUT2D eigenvalue weighted by Gasteiger charge is -2.17. The van der Waals surface area contributed by atoms with E-state index in [-0.39, 0.29) is 40.8 Å². The van der Waals surface area contributed by atoms with Crippen molar-refractivity contribution in [3.63, 3.8) is 0 Å². The van der Waals surface area contributed by atoms with Crippen molar-refractivity contribution in [2.24, 2.45) is 0 Å². The van der Waals surface area contributed by atoms with Crippen molar-refractivity contribution in [2.45, 2.75) is 59.0 Å². The molecule has 0 spiro atoms. The standard InChI is InChI=1S/C27H28N4O3/c1-17-12-13-21(19(3)14-17)23(32)15-29-16-28-25-24(29)26(33)30(20-9-5-6-10-20)27(34)31(25)22-11-7-4-8-18(22)2/h4,7-8,11-14,16,20H,5-6,9-10,15H2,1-3H3. The predicted octanol–water partition coefficient (Wildman–Crippen LogP) is 4.27. The minimum atomic E-state index is -0.373. The molecule has 0 saturated heterocycles. The first-order valence-electron chi connectivity index (χ1n) is 11.8. The molecule has 0 N–H and O–H groups in total. The molecule has 1 aliphatic rings. The lowest BCUT2D eigenvalue weighted by molar-refractivity contribution is 0.0972. The Labute approximate surface area is 197 Å². The van der Waals surface area contributed by atoms with Crippen LogP contribution in [0.1, 0.15) is 58.8 Å². The lowest BCUT2D eigenvalue weighted by atomic mass is 10.0. The molecule has 0 unspecified atom stereocenters. The largest absolute Gasteiger partial charge is 0.337 e. The van der Waals surface area contributed by atoms with E-state index in [4.69, 9.17) is 0 Å². The summed E-state index contributed by atoms with van der Waals surface area (Å²) in [6.45, 7) is 5.81. The fourth-order valence-corrected chi connectivity index (χ4v) is 5.16. The van der Waals surface area contributed by atoms with Crippen molar-refractivity contribution in [3.05, 3.63) is 91.9 Å². The summed E-state index contributed by atoms with van der Waals surface area (Å²) in [5, 5.41) is 0. The third kappa shape index (κ3) is 3.61. The molecule has 7 heteroatoms. The molecule has 1 fully saturated rings. The number of benzene rings is 2. The number of aromatic nitrogens is 4. The summed E-state index contributed by atoms with van der Waals surface area (Å²) < 4.78 is 4.52. The highest BCUT2D eigenvalue weighted by atomic mass is 16.2. The first-order chi connectivity index (χ1) is 16.4. The average molecular weight is 457 g/mol. The van der Waals surface area contributed by atoms with E-state index in [1.54, 1.807) is 4.57 Å². The van der Waals surface area contributed by atoms with E-state index in [9.17, 15) is 14.4 Å². The predicted molar refractivity (Wildman–Crippen MR) is 132 cm³/mol. The van der Waals surface area contributed by atoms with Crippen molar-refractivity contribution in [2.75, 3.05) is 0 Å². The summed E-state index contributed by atoms with van der Waals surface area (Å²) in [5.74, 6) is -0.0998. The number of para-hydroxylation sites is 1. The van der Waals surface area contributed by atoms with Gasteiger partial charge in [0.25, 0.3) is 5.56 Å². The number of rotatable bonds is 5. The van der Waals surface area contributed by atoms with Crippen molar-refractivity contribution < 1.29 is 4.79 Å². The summed E-state index contributed by atoms with van der Waals surface area (Å²) in [4.78, 5) is 45.0. The molecular formula is C27H28N4O3. The zero-order valence-corrected chi connectivity index (χ0v) is 19.7. The van der Waals surface area contributed by atoms with E-state index >= 15 is 0 Å². The smallest absolute Gasteiger partial charge is 0.317 e. The maximum Gasteiger partial charge on any atom is 0.337 e. The van der Waals surface area contributed by atoms with Crippen LogP contribution in [0.3, 0.4) is 0 Å². The monoisotopic (exact) mass is 456 g/mol. The third-order valence-electron chi connectivity index (χ3n) is 6.89. The van der Waals surface area contributed by atoms with Crippen LogP contribution in [0.25, 0.3) is 16.9 Å². The van der Waals surface area contributed by atoms with Crippen LogP contribution in [0.15, 0.2) is 58.4 Å². The van der Waals surface area contributed by atoms with Crippen molar-refractivity contribution in [3.8, 4) is 5.69 Å². The molecule has 7 nitrogen and oxygen atoms in total. The quantitative estimate of drug-likeness (QED) is 0.420. The highest BCUT2D eigenvalue weighted by molar-refractivity contribution is 5.98. The number of ketones is 1. The van der Waals surface area contributed by atoms with Crippen LogP contribution in [0.4, 0.5) is 0 Å². The van der Waals surface area contributed by atoms with E-state index < -0.39 is 0 Å². The highest BCUT2D eigenvalue weighted by Crippen LogP contribution is 2.28. The Morgan fingerprint density at radius 3 is 2.44 bits per heavy atom. The Morgan fingerprint density at radius 1 is 1.00 bits per heavy atom. The first-order valence-corrected chi connectivity index (χ1v) is 11.8. The zero-order chi connectivity index (χ0) is 24.0. The number of nitrogens with zero attached hydrogens (tertiary/aromatic N) is 4. The van der Waals surface area contributed by atoms with E-state index in [1.807, 2.05) is 63.2 Å². The number of hydrogen-bond acceptors (Lipinski definition) is 4. The SMILES string of the molecule is Cc1ccc(C(=O)Cn2cnc3c2c(=O)n(C2CCCC2)c(=O)n3-c2ccccc2C)c(C)c1. The van der Waals surface area contributed by atoms with Gasteiger partial charge in [-0.1, -0.05) is 54.8 Å². The van der Waals surface area contributed by atoms with Crippen molar-refractivity contribution in [1.29, 1.82) is 0 Å². The third-order valence-corrected chi connectivity index (χ3v) is 6.89. The van der Waals surface area contributed by atoms with Gasteiger partial charge in [0.15, 0.2) is 16.9 Å². The Balaban J connectivity index is 1.73. The van der Waals surface area contributed by atoms with E-state index in [2.05, 4.69) is 4.98 Å². The number of Topliss-reactive ketones (excluding diaryl/α,β-unsaturated/α-hetero) is 1. The molecule has 1 saturated carbocycles. The van der Waals surface area contributed by atoms with Gasteiger partial charge in [0, 0.05) is 11.6 Å². The Hall–Kier alpha value is -3.74. The normalized spacial score (nSPS) is 14.2. The van der Waals surface area contributed by atoms with E-state index in [0.29, 0.717) is 11.3 Å². The average Bonchev–Trinajstić information content (AvgIpc) is 3.46. The van der Waals surface area contributed by atoms with Gasteiger partial charge in [-0.25, -0.2) is 14.3 Å². The molecular weight excluding hydrogens is 428 g/mol. The molecule has 4 aromatic rings. The fraction of sp³-hybridized carbons (Fsp3) is 0.333. The van der Waals surface area contributed by atoms with Crippen LogP contribution < -0.4 is 11.2 Å². The van der Waals surface area contributed by atoms with Gasteiger partial charge in [0.05, 0.1) is 18.6 Å². The molecule has 0 aliphatic heterocycles. The molecule has 2 aromatic heterocycles. The van der Waals surface area contributed by atoms with Crippen LogP contribution in [-0.4, -0.2) is 24.5 Å². The number of aryl methyl sites for hydroxylation is 3. The summed E-state index contributed by atoms with van der Waals surface area (Å²) in [6.07, 6.45) is 5.07. The van der Waals surface area contributed by atoms with Crippen molar-refractivity contribution in [1.82, 2.24) is 18.7 Å². The summed E-state index contributed by atoms with van der Waals surface area (Å²) >= 11 is 0. The number of imidazole rings is 1. The molecule has 2 aromatic carbocycles. The van der Waals surface area contributed by atoms with Crippen LogP contribution in [0.2, 0.25) is 0 Å². The maximum absolute atomic E-state index is 13.7. The van der Waals surface area contributed by atoms with Gasteiger partial charge in [-0.15, -0.1) is 0 Å². The molecule has 5 rings (SSSR count). The Morgan fingerprint density at radius 2 is 1.74 bits per heavy atom. The minimum absolute atomic E-state index is 0.0215. The van der Waals surface area contributed by atoms with Gasteiger partial charge in [-0.3, -0.25) is 14.2 Å². The molecule has 174 valence electrons. The van der Waals surface area contributed by atoms with Gasteiger partial charge in [0.1, 0.15) is 0 Å². The van der Waals surface area contributed by atoms with Gasteiger partial charge in [0.2, 0.25) is 0 Å². The number of carbonyl (C=O) groups excluding carboxylic acids is 1. The zero-order valence-electron chi connectivity index (χ0n) is 19.7. The van der Waals surface area contributed by atoms with Crippen LogP contribution in [0, 0.1) is 20.8 Å². The van der Waals surface area contributed by atoms with Gasteiger partial charge in [-0.2, -0.15) is 0 Å². The maximum atomic E-state index is 13.7. The first kappa shape index (κ1) is 22.1. The molecule has 2 heterocycles. The van der Waals surface area contributed by atoms with Gasteiger partial charge < -0.3 is 4.57 Å². The van der Waals surface area contributed by atoms with Gasteiger partial charge in [-0.05, 0) is 50.8 Å². The Kier molecular flexibility index (Phi) is 5.55. The van der Waals surface area contributed by atoms with E-state index in [0.717, 1.165) is 42.4 Å². The van der Waals surface area contributed by atoms with Crippen molar-refractivity contribution >= 4 is 16.9 Å². The fourth-order valence-electron chi connectivity index (χ4n) is 5.16. The number of carbonyl (C=O) groups is 1. The Bertz CT molecular complexity index is 1530. The minimum Gasteiger partial charge on any atom is -0.317 e. The molecule has 0 radical (unpaired) electrons. The summed E-state index contributed by atoms with van der Waals surface area (Å²) in [6, 6.07) is 13.1. The molecule has 34 heavy (non-hydrogen) atoms. The number of hydrogen-bond donors (Lipinski definition) is 0. The van der Waals surface area contributed by atoms with Crippen LogP contribution in [-0.2, 0) is 6.54 Å². The van der Waals surface area contributed by atoms with Crippen LogP contribution in [0.5, 0.6) is 0 Å². The topological polar surface area (TPSA) is 78.9 Å². The molecule has 1 aliphatic carbocycles. The lowest BCUT2D eigenvalue weighted by Crippen LogP contribution is -2.42. The number of fused-ring (bicyclic) bond motifs is 1. The second-order valence-electron chi connectivity index (χ2n) is 9.30. The molecule has 0 atom stereocenters. The van der Waals surface area contributed by atoms with E-state index in [1.165, 1.54) is 15.5 Å². The molecule has 0 bridgehead atoms. The molecule has 0 amide bonds. The second kappa shape index (κ2) is 8.56. The highest BCUT2D eigenvalue weighted by Gasteiger charge is 2.27. The summed E-state index contributed by atoms with van der Waals surface area (Å²) in [7, 11) is 0. The second-order valence-corrected chi connectivity index (χ2v) is 9.30.